The van der Waals surface area contributed by atoms with Crippen LogP contribution in [0.2, 0.25) is 0 Å². The zero-order chi connectivity index (χ0) is 8.67. The van der Waals surface area contributed by atoms with Crippen LogP contribution in [0.3, 0.4) is 0 Å². The molecule has 1 aliphatic heterocycles. The first-order chi connectivity index (χ1) is 6.45. The number of nitrogens with zero attached hydrogens (tertiary/aromatic N) is 1. The Hall–Kier alpha value is -1.41. The molecule has 0 amide bonds. The average molecular weight is 185 g/mol. The summed E-state index contributed by atoms with van der Waals surface area (Å²) in [6, 6.07) is 10.6. The van der Waals surface area contributed by atoms with E-state index in [1.807, 2.05) is 11.6 Å². The van der Waals surface area contributed by atoms with Crippen molar-refractivity contribution in [2.24, 2.45) is 0 Å². The Bertz CT molecular complexity index is 527. The Labute approximate surface area is 80.0 Å². The number of benzene rings is 1. The minimum absolute atomic E-state index is 1.13. The van der Waals surface area contributed by atoms with Crippen molar-refractivity contribution in [2.75, 3.05) is 0 Å². The summed E-state index contributed by atoms with van der Waals surface area (Å²) >= 11 is 1.74. The highest BCUT2D eigenvalue weighted by atomic mass is 32.1. The minimum atomic E-state index is 1.13. The molecular formula is C11H7NS. The number of rotatable bonds is 0. The molecule has 0 N–H and O–H groups in total. The summed E-state index contributed by atoms with van der Waals surface area (Å²) in [7, 11) is 0. The zero-order valence-electron chi connectivity index (χ0n) is 6.90. The maximum absolute atomic E-state index is 4.38. The molecular weight excluding hydrogens is 178 g/mol. The van der Waals surface area contributed by atoms with Gasteiger partial charge >= 0.3 is 0 Å². The molecule has 1 nitrogen and oxygen atoms in total. The third-order valence-electron chi connectivity index (χ3n) is 2.20. The topological polar surface area (TPSA) is 12.9 Å². The largest absolute Gasteiger partial charge is 0.254 e. The first-order valence-corrected chi connectivity index (χ1v) is 5.04. The Morgan fingerprint density at radius 2 is 2.08 bits per heavy atom. The predicted molar refractivity (Wildman–Crippen MR) is 56.2 cm³/mol. The van der Waals surface area contributed by atoms with Gasteiger partial charge < -0.3 is 0 Å². The molecule has 0 unspecified atom stereocenters. The van der Waals surface area contributed by atoms with Gasteiger partial charge in [0.2, 0.25) is 0 Å². The first kappa shape index (κ1) is 7.04. The molecule has 1 aromatic rings. The number of fused-ring (bicyclic) bond motifs is 3. The van der Waals surface area contributed by atoms with Gasteiger partial charge in [0.25, 0.3) is 0 Å². The van der Waals surface area contributed by atoms with Gasteiger partial charge in [0, 0.05) is 17.0 Å². The summed E-state index contributed by atoms with van der Waals surface area (Å²) < 4.78 is 0. The second kappa shape index (κ2) is 2.54. The van der Waals surface area contributed by atoms with Crippen LogP contribution in [-0.2, 0) is 0 Å². The Morgan fingerprint density at radius 1 is 1.15 bits per heavy atom. The SMILES string of the molecule is c1ccc2c3nccsc-3cc2c1. The molecule has 0 bridgehead atoms. The summed E-state index contributed by atoms with van der Waals surface area (Å²) in [5.74, 6) is 0. The van der Waals surface area contributed by atoms with E-state index in [-0.39, 0.29) is 0 Å². The fourth-order valence-corrected chi connectivity index (χ4v) is 2.35. The van der Waals surface area contributed by atoms with E-state index < -0.39 is 0 Å². The summed E-state index contributed by atoms with van der Waals surface area (Å²) in [4.78, 5) is 5.65. The normalized spacial score (nSPS) is 11.1. The van der Waals surface area contributed by atoms with Gasteiger partial charge in [0.05, 0.1) is 10.6 Å². The van der Waals surface area contributed by atoms with Gasteiger partial charge in [-0.05, 0) is 11.5 Å². The maximum Gasteiger partial charge on any atom is 0.0880 e. The van der Waals surface area contributed by atoms with E-state index in [1.165, 1.54) is 15.6 Å². The standard InChI is InChI=1S/C11H7NS/c1-2-4-9-8(3-1)7-10-11(9)12-5-6-13-10/h1-7H. The van der Waals surface area contributed by atoms with Crippen molar-refractivity contribution in [3.8, 4) is 10.6 Å². The van der Waals surface area contributed by atoms with E-state index in [0.29, 0.717) is 0 Å². The van der Waals surface area contributed by atoms with E-state index in [1.54, 1.807) is 11.3 Å². The molecule has 0 radical (unpaired) electrons. The Kier molecular flexibility index (Phi) is 1.37. The number of hydrogen-bond donors (Lipinski definition) is 0. The van der Waals surface area contributed by atoms with Gasteiger partial charge in [-0.15, -0.1) is 11.3 Å². The van der Waals surface area contributed by atoms with Crippen LogP contribution in [-0.4, -0.2) is 4.98 Å². The molecule has 62 valence electrons. The highest BCUT2D eigenvalue weighted by Gasteiger charge is 2.09. The van der Waals surface area contributed by atoms with Crippen LogP contribution in [0.1, 0.15) is 0 Å². The van der Waals surface area contributed by atoms with Gasteiger partial charge in [-0.25, -0.2) is 0 Å². The zero-order valence-corrected chi connectivity index (χ0v) is 7.71. The maximum atomic E-state index is 4.38. The average Bonchev–Trinajstić information content (AvgIpc) is 2.56. The predicted octanol–water partition coefficient (Wildman–Crippen LogP) is 3.40. The lowest BCUT2D eigenvalue weighted by Gasteiger charge is -1.94. The summed E-state index contributed by atoms with van der Waals surface area (Å²) in [6.07, 6.45) is 1.86. The lowest BCUT2D eigenvalue weighted by atomic mass is 10.2. The van der Waals surface area contributed by atoms with E-state index in [2.05, 4.69) is 35.3 Å². The van der Waals surface area contributed by atoms with Gasteiger partial charge in [0.1, 0.15) is 0 Å². The van der Waals surface area contributed by atoms with Gasteiger partial charge in [-0.3, -0.25) is 4.98 Å². The summed E-state index contributed by atoms with van der Waals surface area (Å²) in [6.45, 7) is 0. The Morgan fingerprint density at radius 3 is 3.08 bits per heavy atom. The number of aromatic nitrogens is 1. The summed E-state index contributed by atoms with van der Waals surface area (Å²) in [5.41, 5.74) is 1.13. The van der Waals surface area contributed by atoms with Crippen LogP contribution in [0, 0.1) is 0 Å². The molecule has 0 fully saturated rings. The van der Waals surface area contributed by atoms with E-state index >= 15 is 0 Å². The van der Waals surface area contributed by atoms with Crippen LogP contribution in [0.15, 0.2) is 41.9 Å². The molecule has 0 saturated carbocycles. The number of hydrogen-bond acceptors (Lipinski definition) is 2. The molecule has 1 aromatic carbocycles. The summed E-state index contributed by atoms with van der Waals surface area (Å²) in [5, 5.41) is 4.56. The molecule has 0 spiro atoms. The first-order valence-electron chi connectivity index (χ1n) is 4.16. The van der Waals surface area contributed by atoms with Crippen molar-refractivity contribution in [1.29, 1.82) is 0 Å². The van der Waals surface area contributed by atoms with Crippen LogP contribution in [0.25, 0.3) is 21.3 Å². The van der Waals surface area contributed by atoms with Crippen molar-refractivity contribution >= 4 is 22.1 Å². The highest BCUT2D eigenvalue weighted by molar-refractivity contribution is 7.13. The van der Waals surface area contributed by atoms with Crippen molar-refractivity contribution in [3.63, 3.8) is 0 Å². The molecule has 1 aliphatic carbocycles. The molecule has 2 aliphatic rings. The smallest absolute Gasteiger partial charge is 0.0880 e. The van der Waals surface area contributed by atoms with Crippen molar-refractivity contribution < 1.29 is 0 Å². The van der Waals surface area contributed by atoms with Crippen molar-refractivity contribution in [1.82, 2.24) is 4.98 Å². The van der Waals surface area contributed by atoms with Gasteiger partial charge in [-0.1, -0.05) is 24.3 Å². The van der Waals surface area contributed by atoms with Crippen LogP contribution >= 0.6 is 11.3 Å². The molecule has 0 atom stereocenters. The third kappa shape index (κ3) is 0.956. The van der Waals surface area contributed by atoms with E-state index in [4.69, 9.17) is 0 Å². The lowest BCUT2D eigenvalue weighted by Crippen LogP contribution is -1.74. The van der Waals surface area contributed by atoms with Crippen LogP contribution in [0.4, 0.5) is 0 Å². The van der Waals surface area contributed by atoms with Crippen molar-refractivity contribution in [3.05, 3.63) is 41.9 Å². The Balaban J connectivity index is 2.56. The quantitative estimate of drug-likeness (QED) is 0.523. The fraction of sp³-hybridized carbons (Fsp3) is 0. The molecule has 2 heteroatoms. The van der Waals surface area contributed by atoms with Crippen LogP contribution in [0.5, 0.6) is 0 Å². The molecule has 13 heavy (non-hydrogen) atoms. The minimum Gasteiger partial charge on any atom is -0.254 e. The van der Waals surface area contributed by atoms with Crippen molar-refractivity contribution in [2.45, 2.75) is 0 Å². The second-order valence-electron chi connectivity index (χ2n) is 2.98. The fourth-order valence-electron chi connectivity index (χ4n) is 1.61. The highest BCUT2D eigenvalue weighted by Crippen LogP contribution is 2.34. The second-order valence-corrected chi connectivity index (χ2v) is 3.92. The monoisotopic (exact) mass is 185 g/mol. The van der Waals surface area contributed by atoms with Gasteiger partial charge in [-0.2, -0.15) is 0 Å². The lowest BCUT2D eigenvalue weighted by molar-refractivity contribution is 1.39. The van der Waals surface area contributed by atoms with E-state index in [0.717, 1.165) is 5.69 Å². The third-order valence-corrected chi connectivity index (χ3v) is 3.02. The molecule has 1 heterocycles. The van der Waals surface area contributed by atoms with E-state index in [9.17, 15) is 0 Å². The van der Waals surface area contributed by atoms with Gasteiger partial charge in [0.15, 0.2) is 0 Å². The molecule has 0 saturated heterocycles. The molecule has 0 aromatic heterocycles. The van der Waals surface area contributed by atoms with Crippen LogP contribution < -0.4 is 0 Å². The molecule has 3 rings (SSSR count).